The lowest BCUT2D eigenvalue weighted by Gasteiger charge is -2.31. The van der Waals surface area contributed by atoms with Crippen LogP contribution in [0.2, 0.25) is 0 Å². The Kier molecular flexibility index (Phi) is 5.04. The van der Waals surface area contributed by atoms with Gasteiger partial charge in [0.2, 0.25) is 0 Å². The zero-order valence-electron chi connectivity index (χ0n) is 13.7. The summed E-state index contributed by atoms with van der Waals surface area (Å²) in [6, 6.07) is 0.0718. The van der Waals surface area contributed by atoms with E-state index in [1.54, 1.807) is 17.1 Å². The van der Waals surface area contributed by atoms with Crippen molar-refractivity contribution in [2.24, 2.45) is 5.92 Å². The summed E-state index contributed by atoms with van der Waals surface area (Å²) >= 11 is 0. The first-order valence-corrected chi connectivity index (χ1v) is 9.53. The van der Waals surface area contributed by atoms with Gasteiger partial charge in [-0.05, 0) is 32.6 Å². The summed E-state index contributed by atoms with van der Waals surface area (Å²) in [6.07, 6.45) is 4.48. The van der Waals surface area contributed by atoms with Gasteiger partial charge in [0.1, 0.15) is 9.84 Å². The summed E-state index contributed by atoms with van der Waals surface area (Å²) in [5, 5.41) is 14.5. The maximum Gasteiger partial charge on any atom is 0.494 e. The van der Waals surface area contributed by atoms with Crippen LogP contribution in [0.15, 0.2) is 12.4 Å². The van der Waals surface area contributed by atoms with Gasteiger partial charge in [-0.2, -0.15) is 5.10 Å². The van der Waals surface area contributed by atoms with E-state index in [-0.39, 0.29) is 23.5 Å². The first-order valence-electron chi connectivity index (χ1n) is 7.71. The lowest BCUT2D eigenvalue weighted by atomic mass is 9.79. The minimum Gasteiger partial charge on any atom is -0.423 e. The Morgan fingerprint density at radius 1 is 1.41 bits per heavy atom. The molecule has 0 saturated carbocycles. The van der Waals surface area contributed by atoms with Crippen molar-refractivity contribution in [1.29, 1.82) is 0 Å². The molecule has 1 aliphatic rings. The van der Waals surface area contributed by atoms with E-state index in [1.165, 1.54) is 0 Å². The van der Waals surface area contributed by atoms with Gasteiger partial charge in [0.15, 0.2) is 0 Å². The Bertz CT molecular complexity index is 598. The minimum atomic E-state index is -2.88. The molecule has 0 aliphatic carbocycles. The Labute approximate surface area is 132 Å². The molecule has 1 N–H and O–H groups in total. The van der Waals surface area contributed by atoms with E-state index in [0.717, 1.165) is 0 Å². The summed E-state index contributed by atoms with van der Waals surface area (Å²) in [7, 11) is -3.91. The molecule has 1 aromatic rings. The maximum atomic E-state index is 11.5. The Morgan fingerprint density at radius 2 is 2.00 bits per heavy atom. The van der Waals surface area contributed by atoms with E-state index in [0.29, 0.717) is 18.3 Å². The number of aromatic nitrogens is 2. The normalized spacial score (nSPS) is 19.5. The summed E-state index contributed by atoms with van der Waals surface area (Å²) in [6.45, 7) is 7.96. The summed E-state index contributed by atoms with van der Waals surface area (Å²) in [5.74, 6) is 0.666. The number of nitrogens with zero attached hydrogens (tertiary/aromatic N) is 2. The average Bonchev–Trinajstić information content (AvgIpc) is 2.87. The van der Waals surface area contributed by atoms with Gasteiger partial charge < -0.3 is 9.68 Å². The van der Waals surface area contributed by atoms with Gasteiger partial charge in [-0.25, -0.2) is 8.42 Å². The number of sulfone groups is 1. The number of hydrogen-bond donors (Lipinski definition) is 1. The van der Waals surface area contributed by atoms with Crippen molar-refractivity contribution in [3.63, 3.8) is 0 Å². The molecule has 0 radical (unpaired) electrons. The molecule has 1 aromatic heterocycles. The van der Waals surface area contributed by atoms with Gasteiger partial charge in [-0.3, -0.25) is 4.68 Å². The standard InChI is InChI=1S/C14H25BN2O4S/c1-11(2)14(3,4)21-15(18)12-9-16-17(10-12)13-5-7-22(19,20)8-6-13/h9-11,13,18H,5-8H2,1-4H3. The molecule has 1 fully saturated rings. The van der Waals surface area contributed by atoms with Crippen LogP contribution in [0.3, 0.4) is 0 Å². The molecule has 2 heterocycles. The Hall–Kier alpha value is -0.855. The molecule has 22 heavy (non-hydrogen) atoms. The maximum absolute atomic E-state index is 11.5. The monoisotopic (exact) mass is 328 g/mol. The fraction of sp³-hybridized carbons (Fsp3) is 0.786. The topological polar surface area (TPSA) is 81.4 Å². The van der Waals surface area contributed by atoms with Crippen molar-refractivity contribution in [3.05, 3.63) is 12.4 Å². The van der Waals surface area contributed by atoms with Crippen molar-refractivity contribution in [2.45, 2.75) is 52.2 Å². The van der Waals surface area contributed by atoms with Crippen molar-refractivity contribution in [1.82, 2.24) is 9.78 Å². The van der Waals surface area contributed by atoms with Gasteiger partial charge >= 0.3 is 7.12 Å². The van der Waals surface area contributed by atoms with Crippen LogP contribution in [0, 0.1) is 5.92 Å². The third-order valence-corrected chi connectivity index (χ3v) is 6.33. The highest BCUT2D eigenvalue weighted by Crippen LogP contribution is 2.23. The molecule has 124 valence electrons. The van der Waals surface area contributed by atoms with Crippen LogP contribution in [0.25, 0.3) is 0 Å². The highest BCUT2D eigenvalue weighted by molar-refractivity contribution is 7.91. The predicted molar refractivity (Wildman–Crippen MR) is 86.8 cm³/mol. The molecule has 0 amide bonds. The fourth-order valence-corrected chi connectivity index (χ4v) is 3.78. The predicted octanol–water partition coefficient (Wildman–Crippen LogP) is 0.771. The molecular formula is C14H25BN2O4S. The van der Waals surface area contributed by atoms with Crippen LogP contribution >= 0.6 is 0 Å². The first kappa shape index (κ1) is 17.5. The molecule has 0 aromatic carbocycles. The number of hydrogen-bond acceptors (Lipinski definition) is 5. The lowest BCUT2D eigenvalue weighted by Crippen LogP contribution is -2.44. The van der Waals surface area contributed by atoms with Crippen LogP contribution in [-0.2, 0) is 14.5 Å². The van der Waals surface area contributed by atoms with Crippen molar-refractivity contribution in [3.8, 4) is 0 Å². The van der Waals surface area contributed by atoms with Crippen molar-refractivity contribution < 1.29 is 18.1 Å². The Balaban J connectivity index is 2.02. The summed E-state index contributed by atoms with van der Waals surface area (Å²) < 4.78 is 30.4. The molecule has 8 heteroatoms. The summed E-state index contributed by atoms with van der Waals surface area (Å²) in [5.41, 5.74) is 0.155. The van der Waals surface area contributed by atoms with Crippen LogP contribution in [-0.4, -0.2) is 47.4 Å². The third kappa shape index (κ3) is 4.11. The first-order chi connectivity index (χ1) is 10.1. The molecule has 1 aliphatic heterocycles. The molecular weight excluding hydrogens is 303 g/mol. The smallest absolute Gasteiger partial charge is 0.423 e. The summed E-state index contributed by atoms with van der Waals surface area (Å²) in [4.78, 5) is 0. The van der Waals surface area contributed by atoms with E-state index in [4.69, 9.17) is 4.65 Å². The minimum absolute atomic E-state index is 0.0718. The second-order valence-corrected chi connectivity index (χ2v) is 9.17. The SMILES string of the molecule is CC(C)C(C)(C)OB(O)c1cnn(C2CCS(=O)(=O)CC2)c1. The molecule has 0 unspecified atom stereocenters. The second kappa shape index (κ2) is 6.33. The molecule has 6 nitrogen and oxygen atoms in total. The highest BCUT2D eigenvalue weighted by atomic mass is 32.2. The zero-order valence-corrected chi connectivity index (χ0v) is 14.5. The van der Waals surface area contributed by atoms with E-state index in [9.17, 15) is 13.4 Å². The molecule has 0 bridgehead atoms. The molecule has 2 rings (SSSR count). The van der Waals surface area contributed by atoms with Gasteiger partial charge in [0.25, 0.3) is 0 Å². The van der Waals surface area contributed by atoms with Gasteiger partial charge in [0.05, 0.1) is 23.1 Å². The van der Waals surface area contributed by atoms with Crippen LogP contribution in [0.5, 0.6) is 0 Å². The average molecular weight is 328 g/mol. The van der Waals surface area contributed by atoms with Gasteiger partial charge in [-0.1, -0.05) is 13.8 Å². The zero-order chi connectivity index (χ0) is 16.5. The quantitative estimate of drug-likeness (QED) is 0.808. The van der Waals surface area contributed by atoms with Crippen LogP contribution < -0.4 is 5.46 Å². The van der Waals surface area contributed by atoms with E-state index < -0.39 is 22.6 Å². The van der Waals surface area contributed by atoms with Crippen LogP contribution in [0.4, 0.5) is 0 Å². The number of rotatable bonds is 5. The highest BCUT2D eigenvalue weighted by Gasteiger charge is 2.32. The van der Waals surface area contributed by atoms with Crippen molar-refractivity contribution >= 4 is 22.4 Å². The van der Waals surface area contributed by atoms with E-state index in [1.807, 2.05) is 27.7 Å². The van der Waals surface area contributed by atoms with Crippen molar-refractivity contribution in [2.75, 3.05) is 11.5 Å². The van der Waals surface area contributed by atoms with E-state index >= 15 is 0 Å². The van der Waals surface area contributed by atoms with Gasteiger partial charge in [0, 0.05) is 17.9 Å². The fourth-order valence-electron chi connectivity index (χ4n) is 2.31. The van der Waals surface area contributed by atoms with E-state index in [2.05, 4.69) is 5.10 Å². The molecule has 1 saturated heterocycles. The third-order valence-electron chi connectivity index (χ3n) is 4.61. The van der Waals surface area contributed by atoms with Gasteiger partial charge in [-0.15, -0.1) is 0 Å². The molecule has 0 atom stereocenters. The largest absolute Gasteiger partial charge is 0.494 e. The van der Waals surface area contributed by atoms with Crippen LogP contribution in [0.1, 0.15) is 46.6 Å². The lowest BCUT2D eigenvalue weighted by molar-refractivity contribution is 0.0423. The molecule has 0 spiro atoms. The second-order valence-electron chi connectivity index (χ2n) is 6.87. The Morgan fingerprint density at radius 3 is 2.55 bits per heavy atom.